The van der Waals surface area contributed by atoms with Gasteiger partial charge in [-0.1, -0.05) is 32.4 Å². The number of fused-ring (bicyclic) bond motifs is 1. The number of aromatic nitrogens is 3. The molecule has 4 rings (SSSR count). The lowest BCUT2D eigenvalue weighted by Gasteiger charge is -2.40. The van der Waals surface area contributed by atoms with Crippen molar-refractivity contribution < 1.29 is 18.0 Å². The highest BCUT2D eigenvalue weighted by Gasteiger charge is 2.43. The summed E-state index contributed by atoms with van der Waals surface area (Å²) in [6, 6.07) is 8.44. The van der Waals surface area contributed by atoms with Crippen LogP contribution in [0.15, 0.2) is 36.5 Å². The fourth-order valence-corrected chi connectivity index (χ4v) is 3.81. The van der Waals surface area contributed by atoms with Gasteiger partial charge in [0.2, 0.25) is 0 Å². The fourth-order valence-electron chi connectivity index (χ4n) is 3.81. The van der Waals surface area contributed by atoms with E-state index in [2.05, 4.69) is 20.3 Å². The fraction of sp³-hybridized carbons (Fsp3) is 0.409. The number of hydrogen-bond acceptors (Lipinski definition) is 3. The van der Waals surface area contributed by atoms with Gasteiger partial charge < -0.3 is 10.3 Å². The third-order valence-electron chi connectivity index (χ3n) is 5.70. The summed E-state index contributed by atoms with van der Waals surface area (Å²) < 4.78 is 39.0. The quantitative estimate of drug-likeness (QED) is 0.626. The molecule has 1 fully saturated rings. The van der Waals surface area contributed by atoms with Crippen LogP contribution in [0.4, 0.5) is 13.2 Å². The number of rotatable bonds is 5. The van der Waals surface area contributed by atoms with Crippen LogP contribution in [-0.2, 0) is 11.6 Å². The molecule has 0 saturated heterocycles. The molecule has 0 spiro atoms. The van der Waals surface area contributed by atoms with E-state index in [0.29, 0.717) is 23.9 Å². The van der Waals surface area contributed by atoms with E-state index < -0.39 is 17.2 Å². The van der Waals surface area contributed by atoms with Crippen molar-refractivity contribution in [3.8, 4) is 0 Å². The summed E-state index contributed by atoms with van der Waals surface area (Å²) in [7, 11) is 0. The molecule has 1 aliphatic rings. The molecule has 0 radical (unpaired) electrons. The van der Waals surface area contributed by atoms with Gasteiger partial charge in [-0.15, -0.1) is 0 Å². The molecule has 3 aromatic rings. The summed E-state index contributed by atoms with van der Waals surface area (Å²) in [6.45, 7) is 4.67. The van der Waals surface area contributed by atoms with Gasteiger partial charge in [0.1, 0.15) is 5.82 Å². The highest BCUT2D eigenvalue weighted by molar-refractivity contribution is 5.94. The first-order valence-electron chi connectivity index (χ1n) is 10.0. The van der Waals surface area contributed by atoms with E-state index in [1.54, 1.807) is 12.1 Å². The van der Waals surface area contributed by atoms with Crippen LogP contribution in [0.3, 0.4) is 0 Å². The molecule has 0 unspecified atom stereocenters. The third-order valence-corrected chi connectivity index (χ3v) is 5.70. The first kappa shape index (κ1) is 20.4. The van der Waals surface area contributed by atoms with Crippen molar-refractivity contribution in [2.24, 2.45) is 5.92 Å². The van der Waals surface area contributed by atoms with Crippen LogP contribution < -0.4 is 5.32 Å². The average molecular weight is 416 g/mol. The number of alkyl halides is 3. The number of nitrogens with zero attached hydrogens (tertiary/aromatic N) is 2. The van der Waals surface area contributed by atoms with Crippen LogP contribution in [0.1, 0.15) is 60.4 Å². The highest BCUT2D eigenvalue weighted by atomic mass is 19.4. The molecule has 1 aromatic carbocycles. The number of imidazole rings is 1. The Kier molecular flexibility index (Phi) is 5.03. The van der Waals surface area contributed by atoms with Crippen molar-refractivity contribution in [2.45, 2.75) is 44.7 Å². The number of aromatic amines is 1. The lowest BCUT2D eigenvalue weighted by Crippen LogP contribution is -2.36. The van der Waals surface area contributed by atoms with E-state index in [1.165, 1.54) is 0 Å². The molecule has 8 heteroatoms. The molecule has 1 saturated carbocycles. The Hall–Kier alpha value is -2.90. The van der Waals surface area contributed by atoms with Crippen LogP contribution in [0.2, 0.25) is 0 Å². The molecule has 2 aromatic heterocycles. The Bertz CT molecular complexity index is 1070. The van der Waals surface area contributed by atoms with Crippen molar-refractivity contribution in [3.05, 3.63) is 59.0 Å². The smallest absolute Gasteiger partial charge is 0.352 e. The molecule has 2 N–H and O–H groups in total. The van der Waals surface area contributed by atoms with Crippen LogP contribution in [0.25, 0.3) is 11.2 Å². The van der Waals surface area contributed by atoms with Crippen molar-refractivity contribution >= 4 is 17.1 Å². The van der Waals surface area contributed by atoms with Crippen LogP contribution in [-0.4, -0.2) is 27.4 Å². The Morgan fingerprint density at radius 3 is 2.50 bits per heavy atom. The normalized spacial score (nSPS) is 15.9. The maximum absolute atomic E-state index is 13.0. The Balaban J connectivity index is 1.63. The number of carbonyl (C=O) groups excluding carboxylic acids is 1. The maximum Gasteiger partial charge on any atom is 0.417 e. The van der Waals surface area contributed by atoms with Gasteiger partial charge in [-0.3, -0.25) is 4.79 Å². The zero-order valence-corrected chi connectivity index (χ0v) is 16.8. The van der Waals surface area contributed by atoms with Crippen LogP contribution in [0.5, 0.6) is 0 Å². The van der Waals surface area contributed by atoms with E-state index in [4.69, 9.17) is 0 Å². The van der Waals surface area contributed by atoms with E-state index >= 15 is 0 Å². The molecule has 5 nitrogen and oxygen atoms in total. The number of halogens is 3. The summed E-state index contributed by atoms with van der Waals surface area (Å²) in [5, 5.41) is 2.89. The molecule has 158 valence electrons. The molecule has 2 heterocycles. The molecule has 1 amide bonds. The van der Waals surface area contributed by atoms with Crippen molar-refractivity contribution in [1.82, 2.24) is 20.3 Å². The summed E-state index contributed by atoms with van der Waals surface area (Å²) in [5.41, 5.74) is 0.917. The lowest BCUT2D eigenvalue weighted by molar-refractivity contribution is -0.137. The molecule has 1 aliphatic carbocycles. The second-order valence-corrected chi connectivity index (χ2v) is 8.30. The van der Waals surface area contributed by atoms with Gasteiger partial charge >= 0.3 is 6.18 Å². The van der Waals surface area contributed by atoms with Gasteiger partial charge in [0, 0.05) is 18.3 Å². The van der Waals surface area contributed by atoms with E-state index in [1.807, 2.05) is 26.0 Å². The minimum Gasteiger partial charge on any atom is -0.352 e. The predicted octanol–water partition coefficient (Wildman–Crippen LogP) is 4.83. The second kappa shape index (κ2) is 7.41. The molecule has 30 heavy (non-hydrogen) atoms. The molecular weight excluding hydrogens is 393 g/mol. The summed E-state index contributed by atoms with van der Waals surface area (Å²) in [5.74, 6) is 0.865. The highest BCUT2D eigenvalue weighted by Crippen LogP contribution is 2.48. The molecular formula is C22H23F3N4O. The van der Waals surface area contributed by atoms with E-state index in [9.17, 15) is 18.0 Å². The largest absolute Gasteiger partial charge is 0.417 e. The molecule has 0 atom stereocenters. The number of amides is 1. The predicted molar refractivity (Wildman–Crippen MR) is 107 cm³/mol. The van der Waals surface area contributed by atoms with Gasteiger partial charge in [-0.2, -0.15) is 13.2 Å². The Morgan fingerprint density at radius 2 is 1.93 bits per heavy atom. The first-order valence-corrected chi connectivity index (χ1v) is 10.0. The van der Waals surface area contributed by atoms with E-state index in [-0.39, 0.29) is 17.1 Å². The van der Waals surface area contributed by atoms with Crippen LogP contribution in [0, 0.1) is 5.92 Å². The number of benzene rings is 1. The van der Waals surface area contributed by atoms with E-state index in [0.717, 1.165) is 37.1 Å². The standard InChI is InChI=1S/C22H23F3N4O/c1-13(2)11-27-19(30)14-4-6-15(7-5-14)21(8-3-9-21)20-28-17-10-16(22(23,24)25)12-26-18(17)29-20/h4-7,10,12-13H,3,8-9,11H2,1-2H3,(H,27,30)(H,26,28,29). The first-order chi connectivity index (χ1) is 14.2. The Morgan fingerprint density at radius 1 is 1.23 bits per heavy atom. The van der Waals surface area contributed by atoms with Gasteiger partial charge in [-0.25, -0.2) is 9.97 Å². The summed E-state index contributed by atoms with van der Waals surface area (Å²) in [4.78, 5) is 23.7. The third kappa shape index (κ3) is 3.66. The van der Waals surface area contributed by atoms with Gasteiger partial charge in [0.15, 0.2) is 5.65 Å². The van der Waals surface area contributed by atoms with Gasteiger partial charge in [0.25, 0.3) is 5.91 Å². The average Bonchev–Trinajstić information content (AvgIpc) is 3.08. The van der Waals surface area contributed by atoms with Crippen molar-refractivity contribution in [2.75, 3.05) is 6.54 Å². The lowest BCUT2D eigenvalue weighted by atomic mass is 9.64. The SMILES string of the molecule is CC(C)CNC(=O)c1ccc(C2(c3nc4ncc(C(F)(F)F)cc4[nH]3)CCC2)cc1. The monoisotopic (exact) mass is 416 g/mol. The molecule has 0 bridgehead atoms. The van der Waals surface area contributed by atoms with Crippen molar-refractivity contribution in [1.29, 1.82) is 0 Å². The minimum atomic E-state index is -4.45. The van der Waals surface area contributed by atoms with Crippen LogP contribution >= 0.6 is 0 Å². The van der Waals surface area contributed by atoms with Gasteiger partial charge in [-0.05, 0) is 42.5 Å². The maximum atomic E-state index is 13.0. The summed E-state index contributed by atoms with van der Waals surface area (Å²) in [6.07, 6.45) is -0.984. The summed E-state index contributed by atoms with van der Waals surface area (Å²) >= 11 is 0. The number of nitrogens with one attached hydrogen (secondary N) is 2. The zero-order chi connectivity index (χ0) is 21.5. The van der Waals surface area contributed by atoms with Gasteiger partial charge in [0.05, 0.1) is 16.5 Å². The van der Waals surface area contributed by atoms with Crippen molar-refractivity contribution in [3.63, 3.8) is 0 Å². The Labute approximate surface area is 172 Å². The number of hydrogen-bond donors (Lipinski definition) is 2. The second-order valence-electron chi connectivity index (χ2n) is 8.30. The number of H-pyrrole nitrogens is 1. The number of pyridine rings is 1. The molecule has 0 aliphatic heterocycles. The minimum absolute atomic E-state index is 0.120. The topological polar surface area (TPSA) is 70.7 Å². The number of carbonyl (C=O) groups is 1. The zero-order valence-electron chi connectivity index (χ0n) is 16.8.